The third kappa shape index (κ3) is 10.9. The van der Waals surface area contributed by atoms with Crippen molar-refractivity contribution >= 4 is 17.9 Å². The van der Waals surface area contributed by atoms with Gasteiger partial charge < -0.3 is 40.4 Å². The number of rotatable bonds is 12. The van der Waals surface area contributed by atoms with Crippen LogP contribution in [0.1, 0.15) is 74.2 Å². The molecule has 4 atom stereocenters. The van der Waals surface area contributed by atoms with Gasteiger partial charge in [0.2, 0.25) is 11.5 Å². The Balaban J connectivity index is 0.000000223. The summed E-state index contributed by atoms with van der Waals surface area (Å²) in [5.41, 5.74) is -0.246. The third-order valence-electron chi connectivity index (χ3n) is 10.8. The predicted octanol–water partition coefficient (Wildman–Crippen LogP) is 3.26. The molecule has 3 amide bonds. The van der Waals surface area contributed by atoms with Gasteiger partial charge in [-0.25, -0.2) is 23.5 Å². The van der Waals surface area contributed by atoms with Crippen LogP contribution in [0.15, 0.2) is 88.5 Å². The van der Waals surface area contributed by atoms with E-state index in [1.165, 1.54) is 79.2 Å². The van der Waals surface area contributed by atoms with Crippen LogP contribution in [0.25, 0.3) is 0 Å². The highest BCUT2D eigenvalue weighted by atomic mass is 19.1. The van der Waals surface area contributed by atoms with Gasteiger partial charge in [-0.1, -0.05) is 54.6 Å². The van der Waals surface area contributed by atoms with Gasteiger partial charge in [-0.15, -0.1) is 0 Å². The molecule has 64 heavy (non-hydrogen) atoms. The average molecular weight is 887 g/mol. The van der Waals surface area contributed by atoms with E-state index in [2.05, 4.69) is 25.9 Å². The Hall–Kier alpha value is -7.03. The van der Waals surface area contributed by atoms with E-state index in [9.17, 15) is 43.0 Å². The van der Waals surface area contributed by atoms with E-state index in [4.69, 9.17) is 14.2 Å². The maximum absolute atomic E-state index is 13.1. The lowest BCUT2D eigenvalue weighted by molar-refractivity contribution is 0.0791. The summed E-state index contributed by atoms with van der Waals surface area (Å²) >= 11 is 0. The van der Waals surface area contributed by atoms with Crippen LogP contribution in [0.2, 0.25) is 0 Å². The van der Waals surface area contributed by atoms with Crippen molar-refractivity contribution in [2.24, 2.45) is 14.1 Å². The summed E-state index contributed by atoms with van der Waals surface area (Å²) < 4.78 is 44.7. The SMILES string of the molecule is CO[C@@H]1C[C@@H](c2nc(C(=O)NCc3ccc(F)cc3)c(O)c(=O)n2C)N(C(=O)OCc2ccccc2)C1.CO[C@H]1CN[C@H](c2nc(C(=O)NCc3ccc(F)cc3)c(O)c(=O)n2C)C1. The number of carbonyl (C=O) groups excluding carboxylic acids is 3. The summed E-state index contributed by atoms with van der Waals surface area (Å²) in [6, 6.07) is 19.3. The van der Waals surface area contributed by atoms with E-state index < -0.39 is 58.1 Å². The van der Waals surface area contributed by atoms with Crippen molar-refractivity contribution < 1.29 is 47.6 Å². The Labute approximate surface area is 365 Å². The molecule has 0 radical (unpaired) electrons. The first-order valence-electron chi connectivity index (χ1n) is 20.1. The molecule has 3 aromatic carbocycles. The number of hydrogen-bond acceptors (Lipinski definition) is 13. The average Bonchev–Trinajstić information content (AvgIpc) is 3.97. The van der Waals surface area contributed by atoms with Crippen molar-refractivity contribution in [2.75, 3.05) is 27.3 Å². The molecular weight excluding hydrogens is 839 g/mol. The topological polar surface area (TPSA) is 228 Å². The summed E-state index contributed by atoms with van der Waals surface area (Å²) in [4.78, 5) is 73.4. The van der Waals surface area contributed by atoms with Crippen molar-refractivity contribution in [3.8, 4) is 11.5 Å². The van der Waals surface area contributed by atoms with Crippen LogP contribution in [0.4, 0.5) is 13.6 Å². The van der Waals surface area contributed by atoms with Crippen LogP contribution in [0, 0.1) is 11.6 Å². The zero-order chi connectivity index (χ0) is 46.1. The Morgan fingerprint density at radius 1 is 0.719 bits per heavy atom. The first-order valence-corrected chi connectivity index (χ1v) is 20.1. The highest BCUT2D eigenvalue weighted by Crippen LogP contribution is 2.33. The molecule has 0 unspecified atom stereocenters. The molecule has 7 rings (SSSR count). The summed E-state index contributed by atoms with van der Waals surface area (Å²) in [5, 5.41) is 28.8. The minimum atomic E-state index is -0.838. The van der Waals surface area contributed by atoms with Gasteiger partial charge in [0.15, 0.2) is 11.4 Å². The Morgan fingerprint density at radius 3 is 1.72 bits per heavy atom. The normalized spacial score (nSPS) is 17.9. The molecule has 2 aromatic heterocycles. The first-order chi connectivity index (χ1) is 30.7. The molecule has 0 aliphatic carbocycles. The molecule has 4 heterocycles. The van der Waals surface area contributed by atoms with Gasteiger partial charge in [-0.05, 0) is 47.4 Å². The highest BCUT2D eigenvalue weighted by Gasteiger charge is 2.40. The van der Waals surface area contributed by atoms with Crippen LogP contribution in [0.5, 0.6) is 11.5 Å². The van der Waals surface area contributed by atoms with Gasteiger partial charge in [0.05, 0.1) is 30.8 Å². The van der Waals surface area contributed by atoms with Crippen LogP contribution < -0.4 is 27.1 Å². The molecule has 0 bridgehead atoms. The lowest BCUT2D eigenvalue weighted by atomic mass is 10.1. The molecule has 2 aliphatic heterocycles. The number of aromatic hydroxyl groups is 2. The number of ether oxygens (including phenoxy) is 3. The highest BCUT2D eigenvalue weighted by molar-refractivity contribution is 5.95. The molecule has 2 saturated heterocycles. The largest absolute Gasteiger partial charge is 0.501 e. The minimum absolute atomic E-state index is 0.0172. The standard InChI is InChI=1S/C26H27FN4O6.C18H21FN4O4/c1-30-23(20-12-19(36-2)14-31(20)26(35)37-15-17-6-4-3-5-7-17)29-21(22(32)25(30)34)24(33)28-13-16-8-10-18(27)11-9-16;1-23-16(13-7-12(27-2)9-20-13)22-14(15(24)18(23)26)17(25)21-8-10-3-5-11(19)6-4-10/h3-11,19-20,32H,12-15H2,1-2H3,(H,28,33);3-6,12-13,20,24H,7-9H2,1-2H3,(H,21,25)/t19-,20+;12-,13+/m11/s1. The Bertz CT molecular complexity index is 2580. The maximum atomic E-state index is 13.1. The smallest absolute Gasteiger partial charge is 0.410 e. The number of aromatic nitrogens is 4. The van der Waals surface area contributed by atoms with Gasteiger partial charge in [-0.3, -0.25) is 33.2 Å². The van der Waals surface area contributed by atoms with Gasteiger partial charge in [0, 0.05) is 54.4 Å². The molecule has 5 aromatic rings. The number of nitrogens with zero attached hydrogens (tertiary/aromatic N) is 5. The number of methoxy groups -OCH3 is 2. The molecule has 2 fully saturated rings. The van der Waals surface area contributed by atoms with E-state index in [1.54, 1.807) is 7.11 Å². The molecule has 5 N–H and O–H groups in total. The molecule has 0 spiro atoms. The number of nitrogens with one attached hydrogen (secondary N) is 3. The van der Waals surface area contributed by atoms with E-state index in [-0.39, 0.29) is 61.8 Å². The third-order valence-corrected chi connectivity index (χ3v) is 10.8. The second kappa shape index (κ2) is 20.9. The van der Waals surface area contributed by atoms with Crippen molar-refractivity contribution in [1.82, 2.24) is 40.0 Å². The maximum Gasteiger partial charge on any atom is 0.410 e. The summed E-state index contributed by atoms with van der Waals surface area (Å²) in [7, 11) is 6.01. The lowest BCUT2D eigenvalue weighted by Gasteiger charge is -2.25. The Kier molecular flexibility index (Phi) is 15.2. The monoisotopic (exact) mass is 886 g/mol. The summed E-state index contributed by atoms with van der Waals surface area (Å²) in [6.07, 6.45) is -0.0955. The van der Waals surface area contributed by atoms with Crippen molar-refractivity contribution in [1.29, 1.82) is 0 Å². The van der Waals surface area contributed by atoms with Crippen LogP contribution >= 0.6 is 0 Å². The molecule has 18 nitrogen and oxygen atoms in total. The first kappa shape index (κ1) is 46.5. The van der Waals surface area contributed by atoms with Gasteiger partial charge >= 0.3 is 6.09 Å². The minimum Gasteiger partial charge on any atom is -0.501 e. The Morgan fingerprint density at radius 2 is 1.22 bits per heavy atom. The van der Waals surface area contributed by atoms with Crippen molar-refractivity contribution in [3.05, 3.63) is 151 Å². The fraction of sp³-hybridized carbons (Fsp3) is 0.341. The lowest BCUT2D eigenvalue weighted by Crippen LogP contribution is -2.37. The van der Waals surface area contributed by atoms with Crippen LogP contribution in [-0.4, -0.2) is 91.6 Å². The number of amides is 3. The van der Waals surface area contributed by atoms with E-state index in [0.717, 1.165) is 10.1 Å². The van der Waals surface area contributed by atoms with E-state index in [1.807, 2.05) is 30.3 Å². The van der Waals surface area contributed by atoms with Crippen molar-refractivity contribution in [2.45, 2.75) is 56.8 Å². The summed E-state index contributed by atoms with van der Waals surface area (Å²) in [5.74, 6) is -3.34. The number of carbonyl (C=O) groups is 3. The number of likely N-dealkylation sites (tertiary alicyclic amines) is 1. The zero-order valence-corrected chi connectivity index (χ0v) is 35.4. The van der Waals surface area contributed by atoms with E-state index in [0.29, 0.717) is 36.3 Å². The number of hydrogen-bond donors (Lipinski definition) is 5. The number of benzene rings is 3. The summed E-state index contributed by atoms with van der Waals surface area (Å²) in [6.45, 7) is 0.983. The number of halogens is 2. The fourth-order valence-electron chi connectivity index (χ4n) is 7.17. The second-order valence-electron chi connectivity index (χ2n) is 15.0. The molecule has 2 aliphatic rings. The van der Waals surface area contributed by atoms with Crippen LogP contribution in [0.3, 0.4) is 0 Å². The molecule has 20 heteroatoms. The van der Waals surface area contributed by atoms with E-state index >= 15 is 0 Å². The van der Waals surface area contributed by atoms with Crippen LogP contribution in [-0.2, 0) is 48.0 Å². The molecule has 338 valence electrons. The quantitative estimate of drug-likeness (QED) is 0.121. The predicted molar refractivity (Wildman–Crippen MR) is 225 cm³/mol. The molecule has 0 saturated carbocycles. The van der Waals surface area contributed by atoms with Gasteiger partial charge in [0.25, 0.3) is 22.9 Å². The second-order valence-corrected chi connectivity index (χ2v) is 15.0. The van der Waals surface area contributed by atoms with Crippen molar-refractivity contribution in [3.63, 3.8) is 0 Å². The van der Waals surface area contributed by atoms with Gasteiger partial charge in [-0.2, -0.15) is 0 Å². The fourth-order valence-corrected chi connectivity index (χ4v) is 7.17. The zero-order valence-electron chi connectivity index (χ0n) is 35.4. The molecular formula is C44H48F2N8O10. The van der Waals surface area contributed by atoms with Gasteiger partial charge in [0.1, 0.15) is 29.9 Å².